The summed E-state index contributed by atoms with van der Waals surface area (Å²) >= 11 is 3.29. The Morgan fingerprint density at radius 1 is 0.383 bits per heavy atom. The number of amides is 7. The second-order valence-corrected chi connectivity index (χ2v) is 40.4. The zero-order chi connectivity index (χ0) is 104. The standard InChI is InChI=1S/C22H28N6O5.C20H26N6O3.C15H21N3O4.C14H19N3O4.C12H16BrN3O2.C10H13N3O2.CO2/c1-21(2,3)33-20(31)28-9-6-15-14(12-28)16(26-25-15)17(29)27(4)22(7-8-22)19-23-10-13(11-24-19)18(30)32-5;1-19(2,3)29-18(28)26-11-6-14-13(12-26)15(24-23-14)16(27)25(4)20(7-8-20)17-21-9-5-10-22-17;1-14(2,3)22-13(20)18(4)15(6-7-15)12-16-8-10(9-17-12)11(19)21-5;1-13(2,3)21-12(19)17-14(5-6-14)11-15-7-9(8-16-11)10(18)20-4;1-11(2,3)18-10(17)16-12(4-5-12)9-14-6-8(13)7-15-9;1-11-10(3-4-10)9-12-5-7(6-13-9)8(14)15-2;2-1-3/h10-11H,6-9,12H2,1-5H3,(H,25,26);5,9-10H,6-8,11-12H2,1-4H3,(H,23,24);8-9H,6-7H2,1-5H3;7-8H,5-6H2,1-4H3,(H,17,19);6-7H,4-5H2,1-3H3,(H,16,17);5-6,11H,3-4H2,1-2H3;. The first-order valence-corrected chi connectivity index (χ1v) is 46.2. The number of hydrogen-bond donors (Lipinski definition) is 5. The van der Waals surface area contributed by atoms with Gasteiger partial charge >= 0.3 is 60.5 Å². The number of nitrogens with one attached hydrogen (secondary N) is 5. The smallest absolute Gasteiger partial charge is 0.410 e. The lowest BCUT2D eigenvalue weighted by atomic mass is 10.0. The van der Waals surface area contributed by atoms with Crippen molar-refractivity contribution in [3.8, 4) is 0 Å². The number of ether oxygens (including phenoxy) is 9. The SMILES string of the molecule is CC(C)(C)OC(=O)NC1(c2ncc(Br)cn2)CC1.CN(C(=O)c1n[nH]c2c1CN(C(=O)OC(C)(C)C)CC2)C1(c2ncccn2)CC1.CNC1(c2ncc(C(=O)OC)cn2)CC1.COC(=O)c1cnc(C2(N(C)C(=O)OC(C)(C)C)CC2)nc1.COC(=O)c1cnc(C2(N(C)C(=O)c3n[nH]c4c3CN(C(=O)OC(C)(C)C)CC4)CC2)nc1.COC(=O)c1cnc(C2(NC(=O)OC(C)(C)C)CC2)nc1.O=C=O. The molecule has 47 heteroatoms. The van der Waals surface area contributed by atoms with Crippen molar-refractivity contribution in [3.63, 3.8) is 0 Å². The van der Waals surface area contributed by atoms with Crippen LogP contribution >= 0.6 is 15.9 Å². The van der Waals surface area contributed by atoms with E-state index in [0.717, 1.165) is 91.5 Å². The number of carbonyl (C=O) groups is 11. The number of rotatable bonds is 18. The van der Waals surface area contributed by atoms with Gasteiger partial charge in [-0.25, -0.2) is 103 Å². The van der Waals surface area contributed by atoms with Crippen molar-refractivity contribution in [2.45, 2.75) is 268 Å². The largest absolute Gasteiger partial charge is 0.465 e. The third-order valence-corrected chi connectivity index (χ3v) is 23.6. The first kappa shape index (κ1) is 109. The Hall–Kier alpha value is -14.1. The molecule has 0 spiro atoms. The second-order valence-electron chi connectivity index (χ2n) is 39.5. The monoisotopic (exact) mass is 2020 g/mol. The van der Waals surface area contributed by atoms with Crippen LogP contribution in [0.3, 0.4) is 0 Å². The molecule has 8 aliphatic rings. The van der Waals surface area contributed by atoms with E-state index in [1.54, 1.807) is 92.4 Å². The van der Waals surface area contributed by atoms with Crippen molar-refractivity contribution >= 4 is 88.2 Å². The number of methoxy groups -OCH3 is 4. The maximum Gasteiger partial charge on any atom is 0.410 e. The molecule has 10 heterocycles. The van der Waals surface area contributed by atoms with Gasteiger partial charge in [-0.15, -0.1) is 0 Å². The lowest BCUT2D eigenvalue weighted by molar-refractivity contribution is -0.191. The highest BCUT2D eigenvalue weighted by Crippen LogP contribution is 2.53. The Morgan fingerprint density at radius 3 is 0.922 bits per heavy atom. The zero-order valence-corrected chi connectivity index (χ0v) is 85.2. The molecule has 6 fully saturated rings. The van der Waals surface area contributed by atoms with Crippen LogP contribution in [0.4, 0.5) is 24.0 Å². The van der Waals surface area contributed by atoms with Crippen molar-refractivity contribution in [1.82, 2.24) is 121 Å². The molecule has 46 nitrogen and oxygen atoms in total. The Labute approximate surface area is 823 Å². The fraction of sp³-hybridized carbons (Fsp3) is 0.553. The molecule has 141 heavy (non-hydrogen) atoms. The molecule has 6 aliphatic carbocycles. The van der Waals surface area contributed by atoms with Crippen LogP contribution < -0.4 is 16.0 Å². The van der Waals surface area contributed by atoms with E-state index in [0.29, 0.717) is 91.3 Å². The zero-order valence-electron chi connectivity index (χ0n) is 83.6. The normalized spacial score (nSPS) is 16.4. The van der Waals surface area contributed by atoms with E-state index in [-0.39, 0.29) is 58.5 Å². The van der Waals surface area contributed by atoms with Crippen molar-refractivity contribution in [2.75, 3.05) is 69.7 Å². The molecule has 16 rings (SSSR count). The van der Waals surface area contributed by atoms with Crippen molar-refractivity contribution in [3.05, 3.63) is 176 Å². The predicted octanol–water partition coefficient (Wildman–Crippen LogP) is 10.8. The van der Waals surface area contributed by atoms with Crippen molar-refractivity contribution in [1.29, 1.82) is 0 Å². The Bertz CT molecular complexity index is 5830. The maximum absolute atomic E-state index is 13.4. The van der Waals surface area contributed by atoms with Crippen molar-refractivity contribution in [2.24, 2.45) is 0 Å². The van der Waals surface area contributed by atoms with Gasteiger partial charge in [-0.3, -0.25) is 24.7 Å². The Balaban J connectivity index is 0.000000176. The van der Waals surface area contributed by atoms with Gasteiger partial charge in [0.25, 0.3) is 11.8 Å². The molecule has 0 atom stereocenters. The molecule has 6 saturated carbocycles. The molecular weight excluding hydrogens is 1900 g/mol. The van der Waals surface area contributed by atoms with Crippen LogP contribution in [0.1, 0.15) is 301 Å². The molecule has 758 valence electrons. The molecule has 0 unspecified atom stereocenters. The summed E-state index contributed by atoms with van der Waals surface area (Å²) in [5.41, 5.74) is -0.576. The van der Waals surface area contributed by atoms with Crippen LogP contribution in [0.2, 0.25) is 0 Å². The number of carbonyl (C=O) groups excluding carboxylic acids is 13. The number of hydrogen-bond acceptors (Lipinski definition) is 37. The average molecular weight is 2020 g/mol. The van der Waals surface area contributed by atoms with Crippen LogP contribution in [-0.2, 0) is 111 Å². The lowest BCUT2D eigenvalue weighted by Gasteiger charge is -2.31. The van der Waals surface area contributed by atoms with Gasteiger partial charge < -0.3 is 78.2 Å². The van der Waals surface area contributed by atoms with E-state index in [1.165, 1.54) is 82.9 Å². The minimum atomic E-state index is -0.656. The topological polar surface area (TPSA) is 569 Å². The molecule has 0 aromatic carbocycles. The Kier molecular flexibility index (Phi) is 34.1. The van der Waals surface area contributed by atoms with Gasteiger partial charge in [0.1, 0.15) is 61.5 Å². The number of aromatic nitrogens is 16. The molecule has 0 saturated heterocycles. The number of aromatic amines is 2. The van der Waals surface area contributed by atoms with E-state index >= 15 is 0 Å². The average Bonchev–Trinajstić information content (AvgIpc) is 1.61. The minimum absolute atomic E-state index is 0.0609. The predicted molar refractivity (Wildman–Crippen MR) is 500 cm³/mol. The summed E-state index contributed by atoms with van der Waals surface area (Å²) in [5, 5.41) is 23.3. The second kappa shape index (κ2) is 44.2. The maximum atomic E-state index is 13.4. The summed E-state index contributed by atoms with van der Waals surface area (Å²) in [6.45, 7) is 28.9. The summed E-state index contributed by atoms with van der Waals surface area (Å²) in [4.78, 5) is 208. The summed E-state index contributed by atoms with van der Waals surface area (Å²) in [5.74, 6) is 1.09. The molecule has 8 aromatic rings. The molecule has 7 amide bonds. The lowest BCUT2D eigenvalue weighted by Crippen LogP contribution is -2.41. The summed E-state index contributed by atoms with van der Waals surface area (Å²) in [6.07, 6.45) is 27.3. The molecule has 8 aromatic heterocycles. The molecule has 5 N–H and O–H groups in total. The first-order valence-electron chi connectivity index (χ1n) is 45.4. The highest BCUT2D eigenvalue weighted by atomic mass is 79.9. The molecule has 0 bridgehead atoms. The third-order valence-electron chi connectivity index (χ3n) is 23.2. The number of fused-ring (bicyclic) bond motifs is 2. The van der Waals surface area contributed by atoms with Crippen LogP contribution in [0.25, 0.3) is 0 Å². The third kappa shape index (κ3) is 28.2. The van der Waals surface area contributed by atoms with Gasteiger partial charge in [-0.2, -0.15) is 19.8 Å². The van der Waals surface area contributed by atoms with Crippen LogP contribution in [0.15, 0.2) is 84.9 Å². The van der Waals surface area contributed by atoms with E-state index in [1.807, 2.05) is 90.1 Å². The van der Waals surface area contributed by atoms with E-state index in [4.69, 9.17) is 33.3 Å². The molecular formula is C94H123BrN24O22. The highest BCUT2D eigenvalue weighted by molar-refractivity contribution is 9.10. The van der Waals surface area contributed by atoms with Gasteiger partial charge in [0, 0.05) is 144 Å². The van der Waals surface area contributed by atoms with Gasteiger partial charge in [0.05, 0.1) is 73.8 Å². The van der Waals surface area contributed by atoms with Gasteiger partial charge in [-0.05, 0) is 210 Å². The fourth-order valence-corrected chi connectivity index (χ4v) is 14.9. The molecule has 2 aliphatic heterocycles. The number of esters is 4. The van der Waals surface area contributed by atoms with Gasteiger partial charge in [-0.1, -0.05) is 0 Å². The fourth-order valence-electron chi connectivity index (χ4n) is 14.6. The highest BCUT2D eigenvalue weighted by Gasteiger charge is 2.57. The van der Waals surface area contributed by atoms with E-state index in [2.05, 4.69) is 131 Å². The number of H-pyrrole nitrogens is 2. The molecule has 0 radical (unpaired) electrons. The van der Waals surface area contributed by atoms with Gasteiger partial charge in [0.2, 0.25) is 0 Å². The number of halogens is 1. The minimum Gasteiger partial charge on any atom is -0.465 e. The first-order chi connectivity index (χ1) is 66.2. The van der Waals surface area contributed by atoms with Crippen molar-refractivity contribution < 1.29 is 105 Å². The number of alkyl carbamates (subject to hydrolysis) is 2. The van der Waals surface area contributed by atoms with E-state index in [9.17, 15) is 52.7 Å². The quantitative estimate of drug-likeness (QED) is 0.0393. The summed E-state index contributed by atoms with van der Waals surface area (Å²) in [6, 6.07) is 1.76. The van der Waals surface area contributed by atoms with Crippen LogP contribution in [0, 0.1) is 0 Å². The van der Waals surface area contributed by atoms with Crippen LogP contribution in [0.5, 0.6) is 0 Å². The summed E-state index contributed by atoms with van der Waals surface area (Å²) < 4.78 is 46.1. The van der Waals surface area contributed by atoms with E-state index < -0.39 is 104 Å². The number of nitrogens with zero attached hydrogens (tertiary/aromatic N) is 19. The van der Waals surface area contributed by atoms with Gasteiger partial charge in [0.15, 0.2) is 40.5 Å². The summed E-state index contributed by atoms with van der Waals surface area (Å²) in [7, 11) is 12.3. The Morgan fingerprint density at radius 2 is 0.652 bits per heavy atom. The van der Waals surface area contributed by atoms with Crippen LogP contribution in [-0.4, -0.2) is 275 Å².